The van der Waals surface area contributed by atoms with Crippen LogP contribution in [0.25, 0.3) is 0 Å². The van der Waals surface area contributed by atoms with Gasteiger partial charge in [-0.3, -0.25) is 4.79 Å². The van der Waals surface area contributed by atoms with Gasteiger partial charge in [-0.05, 0) is 29.3 Å². The number of aliphatic carboxylic acids is 1. The molecular formula is C11H12BrNO5. The van der Waals surface area contributed by atoms with E-state index in [0.29, 0.717) is 29.0 Å². The Bertz CT molecular complexity index is 484. The van der Waals surface area contributed by atoms with Gasteiger partial charge in [-0.25, -0.2) is 4.79 Å². The average molecular weight is 318 g/mol. The summed E-state index contributed by atoms with van der Waals surface area (Å²) in [5.74, 6) is -0.947. The van der Waals surface area contributed by atoms with E-state index >= 15 is 0 Å². The molecule has 1 aliphatic heterocycles. The first kappa shape index (κ1) is 13.1. The molecule has 0 bridgehead atoms. The van der Waals surface area contributed by atoms with E-state index in [1.165, 1.54) is 0 Å². The van der Waals surface area contributed by atoms with Crippen LogP contribution in [0.2, 0.25) is 0 Å². The van der Waals surface area contributed by atoms with Gasteiger partial charge in [0.1, 0.15) is 5.76 Å². The number of carbonyl (C=O) groups excluding carboxylic acids is 1. The van der Waals surface area contributed by atoms with Crippen molar-refractivity contribution in [1.82, 2.24) is 5.32 Å². The van der Waals surface area contributed by atoms with E-state index in [-0.39, 0.29) is 5.91 Å². The maximum absolute atomic E-state index is 12.0. The highest BCUT2D eigenvalue weighted by molar-refractivity contribution is 9.10. The number of amides is 1. The molecule has 1 aromatic heterocycles. The number of ether oxygens (including phenoxy) is 1. The van der Waals surface area contributed by atoms with E-state index in [2.05, 4.69) is 21.2 Å². The lowest BCUT2D eigenvalue weighted by Gasteiger charge is -2.15. The Morgan fingerprint density at radius 1 is 1.56 bits per heavy atom. The number of carboxylic acids is 1. The van der Waals surface area contributed by atoms with Gasteiger partial charge in [0.15, 0.2) is 10.8 Å². The number of halogens is 1. The van der Waals surface area contributed by atoms with Gasteiger partial charge in [-0.15, -0.1) is 0 Å². The Morgan fingerprint density at radius 2 is 2.28 bits per heavy atom. The number of rotatable bonds is 3. The number of carboxylic acid groups (broad SMARTS) is 1. The molecule has 0 aliphatic carbocycles. The summed E-state index contributed by atoms with van der Waals surface area (Å²) in [6.07, 6.45) is -0.495. The largest absolute Gasteiger partial charge is 0.479 e. The number of aryl methyl sites for hydroxylation is 1. The Kier molecular flexibility index (Phi) is 3.72. The molecule has 1 saturated heterocycles. The van der Waals surface area contributed by atoms with Crippen LogP contribution in [0.3, 0.4) is 0 Å². The topological polar surface area (TPSA) is 88.8 Å². The summed E-state index contributed by atoms with van der Waals surface area (Å²) in [5.41, 5.74) is 0.387. The smallest absolute Gasteiger partial charge is 0.334 e. The fourth-order valence-electron chi connectivity index (χ4n) is 1.90. The molecule has 0 aromatic carbocycles. The lowest BCUT2D eigenvalue weighted by Crippen LogP contribution is -2.44. The molecule has 6 nitrogen and oxygen atoms in total. The van der Waals surface area contributed by atoms with Crippen molar-refractivity contribution in [2.24, 2.45) is 0 Å². The lowest BCUT2D eigenvalue weighted by atomic mass is 10.1. The maximum Gasteiger partial charge on any atom is 0.334 e. The summed E-state index contributed by atoms with van der Waals surface area (Å²) in [6, 6.07) is 1.04. The van der Waals surface area contributed by atoms with E-state index < -0.39 is 18.1 Å². The normalized spacial score (nSPS) is 23.0. The first-order valence-corrected chi connectivity index (χ1v) is 6.19. The Balaban J connectivity index is 2.07. The highest BCUT2D eigenvalue weighted by atomic mass is 79.9. The third kappa shape index (κ3) is 2.56. The van der Waals surface area contributed by atoms with Crippen molar-refractivity contribution in [3.8, 4) is 0 Å². The van der Waals surface area contributed by atoms with Crippen molar-refractivity contribution < 1.29 is 23.8 Å². The van der Waals surface area contributed by atoms with Crippen molar-refractivity contribution in [2.45, 2.75) is 25.5 Å². The summed E-state index contributed by atoms with van der Waals surface area (Å²) < 4.78 is 10.7. The van der Waals surface area contributed by atoms with E-state index in [4.69, 9.17) is 14.3 Å². The molecule has 1 amide bonds. The van der Waals surface area contributed by atoms with E-state index in [0.717, 1.165) is 0 Å². The average Bonchev–Trinajstić information content (AvgIpc) is 2.85. The van der Waals surface area contributed by atoms with Gasteiger partial charge in [0.2, 0.25) is 0 Å². The van der Waals surface area contributed by atoms with Crippen LogP contribution in [0.5, 0.6) is 0 Å². The molecule has 18 heavy (non-hydrogen) atoms. The first-order valence-electron chi connectivity index (χ1n) is 5.40. The Labute approximate surface area is 111 Å². The molecule has 7 heteroatoms. The van der Waals surface area contributed by atoms with Crippen molar-refractivity contribution in [3.05, 3.63) is 22.1 Å². The highest BCUT2D eigenvalue weighted by Gasteiger charge is 2.35. The van der Waals surface area contributed by atoms with Gasteiger partial charge < -0.3 is 19.6 Å². The van der Waals surface area contributed by atoms with Gasteiger partial charge >= 0.3 is 5.97 Å². The molecule has 1 aliphatic rings. The highest BCUT2D eigenvalue weighted by Crippen LogP contribution is 2.21. The number of hydrogen-bond acceptors (Lipinski definition) is 4. The second kappa shape index (κ2) is 5.11. The third-order valence-corrected chi connectivity index (χ3v) is 3.17. The summed E-state index contributed by atoms with van der Waals surface area (Å²) >= 11 is 3.13. The fraction of sp³-hybridized carbons (Fsp3) is 0.455. The summed E-state index contributed by atoms with van der Waals surface area (Å²) in [5, 5.41) is 11.6. The van der Waals surface area contributed by atoms with Crippen molar-refractivity contribution in [1.29, 1.82) is 0 Å². The molecule has 0 spiro atoms. The molecule has 1 aromatic rings. The van der Waals surface area contributed by atoms with Gasteiger partial charge in [-0.2, -0.15) is 0 Å². The van der Waals surface area contributed by atoms with Gasteiger partial charge in [0.25, 0.3) is 5.91 Å². The molecule has 2 rings (SSSR count). The number of furan rings is 1. The van der Waals surface area contributed by atoms with Crippen LogP contribution < -0.4 is 5.32 Å². The van der Waals surface area contributed by atoms with Gasteiger partial charge in [0, 0.05) is 12.7 Å². The quantitative estimate of drug-likeness (QED) is 0.877. The molecule has 0 saturated carbocycles. The third-order valence-electron chi connectivity index (χ3n) is 2.78. The van der Waals surface area contributed by atoms with E-state index in [1.54, 1.807) is 13.0 Å². The number of hydrogen-bond donors (Lipinski definition) is 2. The Morgan fingerprint density at radius 3 is 2.83 bits per heavy atom. The van der Waals surface area contributed by atoms with Crippen LogP contribution in [-0.4, -0.2) is 35.7 Å². The molecule has 2 N–H and O–H groups in total. The lowest BCUT2D eigenvalue weighted by molar-refractivity contribution is -0.148. The minimum atomic E-state index is -1.07. The molecular weight excluding hydrogens is 306 g/mol. The maximum atomic E-state index is 12.0. The monoisotopic (exact) mass is 317 g/mol. The second-order valence-electron chi connectivity index (χ2n) is 4.02. The van der Waals surface area contributed by atoms with Crippen molar-refractivity contribution in [3.63, 3.8) is 0 Å². The van der Waals surface area contributed by atoms with Crippen LogP contribution in [0.1, 0.15) is 22.5 Å². The Hall–Kier alpha value is -1.34. The summed E-state index contributed by atoms with van der Waals surface area (Å²) in [6.45, 7) is 2.00. The van der Waals surface area contributed by atoms with Crippen molar-refractivity contribution in [2.75, 3.05) is 6.61 Å². The van der Waals surface area contributed by atoms with E-state index in [9.17, 15) is 9.59 Å². The van der Waals surface area contributed by atoms with Crippen molar-refractivity contribution >= 4 is 27.8 Å². The number of nitrogens with one attached hydrogen (secondary N) is 1. The standard InChI is InChI=1S/C11H12BrNO5/c1-5-6(4-8(12)18-5)10(14)13-7-2-3-17-9(7)11(15)16/h4,7,9H,2-3H2,1H3,(H,13,14)(H,15,16)/t7-,9+/m1/s1. The van der Waals surface area contributed by atoms with Crippen LogP contribution >= 0.6 is 15.9 Å². The summed E-state index contributed by atoms with van der Waals surface area (Å²) in [4.78, 5) is 22.9. The van der Waals surface area contributed by atoms with Gasteiger partial charge in [-0.1, -0.05) is 0 Å². The first-order chi connectivity index (χ1) is 8.49. The fourth-order valence-corrected chi connectivity index (χ4v) is 2.37. The van der Waals surface area contributed by atoms with Gasteiger partial charge in [0.05, 0.1) is 11.6 Å². The molecule has 2 atom stereocenters. The molecule has 98 valence electrons. The zero-order valence-electron chi connectivity index (χ0n) is 9.60. The second-order valence-corrected chi connectivity index (χ2v) is 4.80. The zero-order valence-corrected chi connectivity index (χ0v) is 11.2. The minimum absolute atomic E-state index is 0.329. The van der Waals surface area contributed by atoms with Crippen LogP contribution in [-0.2, 0) is 9.53 Å². The molecule has 0 unspecified atom stereocenters. The van der Waals surface area contributed by atoms with E-state index in [1.807, 2.05) is 0 Å². The van der Waals surface area contributed by atoms with Crippen LogP contribution in [0, 0.1) is 6.92 Å². The SMILES string of the molecule is Cc1oc(Br)cc1C(=O)N[C@@H]1CCO[C@@H]1C(=O)O. The predicted molar refractivity (Wildman–Crippen MR) is 64.4 cm³/mol. The zero-order chi connectivity index (χ0) is 13.3. The molecule has 0 radical (unpaired) electrons. The number of carbonyl (C=O) groups is 2. The predicted octanol–water partition coefficient (Wildman–Crippen LogP) is 1.32. The summed E-state index contributed by atoms with van der Waals surface area (Å²) in [7, 11) is 0. The van der Waals surface area contributed by atoms with Crippen LogP contribution in [0.4, 0.5) is 0 Å². The van der Waals surface area contributed by atoms with Crippen LogP contribution in [0.15, 0.2) is 15.2 Å². The molecule has 2 heterocycles. The minimum Gasteiger partial charge on any atom is -0.479 e. The molecule has 1 fully saturated rings.